The highest BCUT2D eigenvalue weighted by molar-refractivity contribution is 5.01. The quantitative estimate of drug-likeness (QED) is 0.426. The average Bonchev–Trinajstić information content (AvgIpc) is 2.72. The third-order valence-electron chi connectivity index (χ3n) is 3.81. The molecule has 0 unspecified atom stereocenters. The van der Waals surface area contributed by atoms with Crippen LogP contribution in [0.25, 0.3) is 0 Å². The molecule has 130 valence electrons. The summed E-state index contributed by atoms with van der Waals surface area (Å²) >= 11 is 0. The maximum absolute atomic E-state index is 10.7. The summed E-state index contributed by atoms with van der Waals surface area (Å²) in [6.45, 7) is 2.41. The maximum atomic E-state index is 10.7. The highest BCUT2D eigenvalue weighted by Gasteiger charge is 2.50. The first-order chi connectivity index (χ1) is 10.5. The second-order valence-electron chi connectivity index (χ2n) is 5.40. The van der Waals surface area contributed by atoms with Crippen molar-refractivity contribution in [1.29, 1.82) is 0 Å². The Hall–Kier alpha value is -0.840. The minimum absolute atomic E-state index is 0.130. The number of methoxy groups -OCH3 is 4. The van der Waals surface area contributed by atoms with Crippen LogP contribution in [0.5, 0.6) is 0 Å². The molecule has 1 heterocycles. The van der Waals surface area contributed by atoms with Crippen molar-refractivity contribution >= 4 is 0 Å². The van der Waals surface area contributed by atoms with Crippen LogP contribution < -0.4 is 5.43 Å². The van der Waals surface area contributed by atoms with Crippen LogP contribution in [0.15, 0.2) is 0 Å². The van der Waals surface area contributed by atoms with E-state index < -0.39 is 0 Å². The molecule has 1 rings (SSSR count). The number of hydrogen-bond donors (Lipinski definition) is 1. The van der Waals surface area contributed by atoms with Crippen molar-refractivity contribution in [3.05, 3.63) is 10.1 Å². The second-order valence-corrected chi connectivity index (χ2v) is 5.40. The van der Waals surface area contributed by atoms with Gasteiger partial charge in [0.05, 0.1) is 31.3 Å². The van der Waals surface area contributed by atoms with Crippen LogP contribution >= 0.6 is 0 Å². The van der Waals surface area contributed by atoms with Gasteiger partial charge in [-0.15, -0.1) is 0 Å². The Morgan fingerprint density at radius 3 is 1.86 bits per heavy atom. The van der Waals surface area contributed by atoms with Gasteiger partial charge in [0, 0.05) is 33.4 Å². The van der Waals surface area contributed by atoms with E-state index in [1.54, 1.807) is 35.4 Å². The highest BCUT2D eigenvalue weighted by atomic mass is 16.6. The zero-order valence-corrected chi connectivity index (χ0v) is 13.9. The predicted molar refractivity (Wildman–Crippen MR) is 79.2 cm³/mol. The molecule has 1 fully saturated rings. The fourth-order valence-electron chi connectivity index (χ4n) is 2.99. The van der Waals surface area contributed by atoms with E-state index in [0.29, 0.717) is 13.2 Å². The van der Waals surface area contributed by atoms with Crippen LogP contribution in [-0.2, 0) is 18.9 Å². The Bertz CT molecular complexity index is 326. The number of hydrogen-bond acceptors (Lipinski definition) is 8. The lowest BCUT2D eigenvalue weighted by molar-refractivity contribution is -0.484. The molecule has 0 amide bonds. The second kappa shape index (κ2) is 9.33. The van der Waals surface area contributed by atoms with Gasteiger partial charge in [-0.05, 0) is 6.92 Å². The van der Waals surface area contributed by atoms with Gasteiger partial charge < -0.3 is 18.9 Å². The number of ether oxygens (including phenoxy) is 4. The predicted octanol–water partition coefficient (Wildman–Crippen LogP) is -0.468. The van der Waals surface area contributed by atoms with Crippen LogP contribution in [0.2, 0.25) is 0 Å². The first-order valence-corrected chi connectivity index (χ1v) is 7.19. The van der Waals surface area contributed by atoms with Gasteiger partial charge in [0.15, 0.2) is 0 Å². The summed E-state index contributed by atoms with van der Waals surface area (Å²) in [4.78, 5) is 10.3. The standard InChI is InChI=1S/C13H27N3O6/c1-9(6-15(17)18)14-16-10(7-19-2)12(21-4)13(22-5)11(16)8-20-3/h9-14H,6-8H2,1-5H3/t9-,10-,11-,12+,13+/m0/s1. The van der Waals surface area contributed by atoms with Gasteiger partial charge in [-0.3, -0.25) is 10.1 Å². The first kappa shape index (κ1) is 19.2. The summed E-state index contributed by atoms with van der Waals surface area (Å²) in [6.07, 6.45) is -0.444. The van der Waals surface area contributed by atoms with E-state index in [1.807, 2.05) is 5.01 Å². The minimum atomic E-state index is -0.341. The smallest absolute Gasteiger partial charge is 0.220 e. The number of hydrazine groups is 1. The molecular formula is C13H27N3O6. The summed E-state index contributed by atoms with van der Waals surface area (Å²) < 4.78 is 21.7. The summed E-state index contributed by atoms with van der Waals surface area (Å²) in [5.41, 5.74) is 3.18. The molecule has 0 radical (unpaired) electrons. The maximum Gasteiger partial charge on any atom is 0.220 e. The third kappa shape index (κ3) is 4.58. The molecule has 0 bridgehead atoms. The Kier molecular flexibility index (Phi) is 8.15. The number of nitrogens with one attached hydrogen (secondary N) is 1. The van der Waals surface area contributed by atoms with Crippen LogP contribution in [0.1, 0.15) is 6.92 Å². The van der Waals surface area contributed by atoms with E-state index in [-0.39, 0.29) is 41.8 Å². The minimum Gasteiger partial charge on any atom is -0.383 e. The lowest BCUT2D eigenvalue weighted by Crippen LogP contribution is -2.56. The zero-order valence-electron chi connectivity index (χ0n) is 13.9. The summed E-state index contributed by atoms with van der Waals surface area (Å²) in [5.74, 6) is 0. The van der Waals surface area contributed by atoms with Gasteiger partial charge in [-0.2, -0.15) is 0 Å². The highest BCUT2D eigenvalue weighted by Crippen LogP contribution is 2.28. The Labute approximate surface area is 130 Å². The Morgan fingerprint density at radius 1 is 1.09 bits per heavy atom. The first-order valence-electron chi connectivity index (χ1n) is 7.19. The lowest BCUT2D eigenvalue weighted by atomic mass is 10.1. The Balaban J connectivity index is 2.94. The molecule has 22 heavy (non-hydrogen) atoms. The van der Waals surface area contributed by atoms with Gasteiger partial charge in [-0.1, -0.05) is 0 Å². The van der Waals surface area contributed by atoms with Gasteiger partial charge in [-0.25, -0.2) is 10.4 Å². The van der Waals surface area contributed by atoms with Crippen molar-refractivity contribution in [1.82, 2.24) is 10.4 Å². The van der Waals surface area contributed by atoms with E-state index in [9.17, 15) is 10.1 Å². The van der Waals surface area contributed by atoms with Gasteiger partial charge in [0.25, 0.3) is 0 Å². The molecule has 9 nitrogen and oxygen atoms in total. The largest absolute Gasteiger partial charge is 0.383 e. The average molecular weight is 321 g/mol. The SMILES string of the molecule is COC[C@H]1[C@@H](OC)[C@H](OC)[C@H](COC)N1N[C@@H](C)C[N+](=O)[O-]. The molecule has 1 saturated heterocycles. The Morgan fingerprint density at radius 2 is 1.55 bits per heavy atom. The summed E-state index contributed by atoms with van der Waals surface area (Å²) in [6, 6.07) is -0.592. The van der Waals surface area contributed by atoms with Crippen molar-refractivity contribution in [3.63, 3.8) is 0 Å². The van der Waals surface area contributed by atoms with Crippen molar-refractivity contribution < 1.29 is 23.9 Å². The van der Waals surface area contributed by atoms with E-state index in [4.69, 9.17) is 18.9 Å². The molecule has 0 saturated carbocycles. The lowest BCUT2D eigenvalue weighted by Gasteiger charge is -2.32. The van der Waals surface area contributed by atoms with Crippen molar-refractivity contribution in [3.8, 4) is 0 Å². The van der Waals surface area contributed by atoms with Gasteiger partial charge >= 0.3 is 0 Å². The molecule has 0 aliphatic carbocycles. The molecule has 0 aromatic rings. The van der Waals surface area contributed by atoms with Gasteiger partial charge in [0.2, 0.25) is 6.54 Å². The van der Waals surface area contributed by atoms with E-state index in [1.165, 1.54) is 0 Å². The molecule has 1 N–H and O–H groups in total. The summed E-state index contributed by atoms with van der Waals surface area (Å²) in [7, 11) is 6.45. The van der Waals surface area contributed by atoms with E-state index >= 15 is 0 Å². The fourth-order valence-corrected chi connectivity index (χ4v) is 2.99. The van der Waals surface area contributed by atoms with Crippen molar-refractivity contribution in [2.24, 2.45) is 0 Å². The number of nitrogens with zero attached hydrogens (tertiary/aromatic N) is 2. The molecule has 9 heteroatoms. The fraction of sp³-hybridized carbons (Fsp3) is 1.00. The summed E-state index contributed by atoms with van der Waals surface area (Å²) in [5, 5.41) is 12.6. The number of rotatable bonds is 10. The number of nitro groups is 1. The van der Waals surface area contributed by atoms with E-state index in [2.05, 4.69) is 5.43 Å². The van der Waals surface area contributed by atoms with Crippen molar-refractivity contribution in [2.45, 2.75) is 37.3 Å². The normalized spacial score (nSPS) is 30.6. The van der Waals surface area contributed by atoms with Crippen LogP contribution in [0.4, 0.5) is 0 Å². The molecule has 1 aliphatic heterocycles. The molecule has 0 spiro atoms. The monoisotopic (exact) mass is 321 g/mol. The van der Waals surface area contributed by atoms with Crippen molar-refractivity contribution in [2.75, 3.05) is 48.2 Å². The molecular weight excluding hydrogens is 294 g/mol. The van der Waals surface area contributed by atoms with Crippen LogP contribution in [-0.4, -0.2) is 88.5 Å². The topological polar surface area (TPSA) is 95.3 Å². The van der Waals surface area contributed by atoms with E-state index in [0.717, 1.165) is 0 Å². The van der Waals surface area contributed by atoms with Gasteiger partial charge in [0.1, 0.15) is 12.2 Å². The van der Waals surface area contributed by atoms with Crippen LogP contribution in [0, 0.1) is 10.1 Å². The molecule has 0 aromatic heterocycles. The van der Waals surface area contributed by atoms with Crippen LogP contribution in [0.3, 0.4) is 0 Å². The molecule has 1 aliphatic rings. The zero-order chi connectivity index (χ0) is 16.7. The molecule has 0 aromatic carbocycles. The third-order valence-corrected chi connectivity index (χ3v) is 3.81. The molecule has 5 atom stereocenters.